The van der Waals surface area contributed by atoms with Crippen LogP contribution in [0.3, 0.4) is 0 Å². The minimum atomic E-state index is -6.38. The highest BCUT2D eigenvalue weighted by Gasteiger charge is 2.41. The second-order valence-corrected chi connectivity index (χ2v) is 11.0. The smallest absolute Gasteiger partial charge is 0.218 e. The van der Waals surface area contributed by atoms with Gasteiger partial charge in [0, 0.05) is 0 Å². The van der Waals surface area contributed by atoms with Crippen LogP contribution in [0.25, 0.3) is 0 Å². The van der Waals surface area contributed by atoms with E-state index in [4.69, 9.17) is 0 Å². The molecular weight excluding hydrogens is 764 g/mol. The van der Waals surface area contributed by atoms with E-state index in [2.05, 4.69) is 0 Å². The minimum Gasteiger partial charge on any atom is -0.218 e. The van der Waals surface area contributed by atoms with Crippen LogP contribution in [0.5, 0.6) is 0 Å². The summed E-state index contributed by atoms with van der Waals surface area (Å²) >= 11 is -0.825. The van der Waals surface area contributed by atoms with Crippen molar-refractivity contribution in [1.82, 2.24) is 0 Å². The first-order valence-electron chi connectivity index (χ1n) is 10.9. The standard InChI is InChI=1S/C12F10O2S.C12F10S/c13-1-3(15)7(19)11(8(20)4(1)16)25(23,24)12-9(21)5(17)2(14)6(18)10(12)22;13-1-3(15)7(19)11(8(20)4(1)16)23-12-9(21)5(17)2(14)6(18)10(12)22. The molecule has 0 amide bonds. The molecule has 0 aliphatic carbocycles. The van der Waals surface area contributed by atoms with Crippen molar-refractivity contribution in [3.63, 3.8) is 0 Å². The monoisotopic (exact) mass is 764 g/mol. The maximum atomic E-state index is 13.5. The molecule has 0 spiro atoms. The first-order valence-corrected chi connectivity index (χ1v) is 13.2. The highest BCUT2D eigenvalue weighted by atomic mass is 32.2. The van der Waals surface area contributed by atoms with Gasteiger partial charge < -0.3 is 0 Å². The molecule has 0 fully saturated rings. The number of halogens is 20. The lowest BCUT2D eigenvalue weighted by molar-refractivity contribution is 0.350. The summed E-state index contributed by atoms with van der Waals surface area (Å²) in [6.45, 7) is 0. The van der Waals surface area contributed by atoms with E-state index in [1.807, 2.05) is 0 Å². The Balaban J connectivity index is 0.000000261. The first kappa shape index (κ1) is 38.2. The molecule has 0 N–H and O–H groups in total. The van der Waals surface area contributed by atoms with E-state index in [1.54, 1.807) is 0 Å². The molecule has 0 heterocycles. The number of rotatable bonds is 4. The molecule has 4 aromatic rings. The van der Waals surface area contributed by atoms with Gasteiger partial charge in [0.1, 0.15) is 9.79 Å². The molecule has 0 radical (unpaired) electrons. The Kier molecular flexibility index (Phi) is 10.6. The summed E-state index contributed by atoms with van der Waals surface area (Å²) in [7, 11) is -6.38. The highest BCUT2D eigenvalue weighted by molar-refractivity contribution is 7.99. The first-order chi connectivity index (χ1) is 21.9. The van der Waals surface area contributed by atoms with E-state index in [0.29, 0.717) is 0 Å². The Bertz CT molecular complexity index is 1880. The average molecular weight is 764 g/mol. The molecule has 48 heavy (non-hydrogen) atoms. The summed E-state index contributed by atoms with van der Waals surface area (Å²) in [4.78, 5) is -9.17. The number of benzene rings is 4. The van der Waals surface area contributed by atoms with Crippen LogP contribution in [0, 0.1) is 116 Å². The van der Waals surface area contributed by atoms with E-state index in [1.165, 1.54) is 0 Å². The minimum absolute atomic E-state index is 0.825. The van der Waals surface area contributed by atoms with Crippen molar-refractivity contribution in [2.24, 2.45) is 0 Å². The molecule has 0 saturated carbocycles. The van der Waals surface area contributed by atoms with Crippen LogP contribution in [-0.2, 0) is 9.84 Å². The predicted molar refractivity (Wildman–Crippen MR) is 115 cm³/mol. The molecule has 0 saturated heterocycles. The van der Waals surface area contributed by atoms with Gasteiger partial charge in [0.15, 0.2) is 93.1 Å². The fraction of sp³-hybridized carbons (Fsp3) is 0. The van der Waals surface area contributed by atoms with Crippen molar-refractivity contribution < 1.29 is 96.2 Å². The molecule has 24 heteroatoms. The third kappa shape index (κ3) is 5.98. The summed E-state index contributed by atoms with van der Waals surface area (Å²) in [5, 5.41) is 0. The average Bonchev–Trinajstić information content (AvgIpc) is 3.04. The lowest BCUT2D eigenvalue weighted by atomic mass is 10.3. The fourth-order valence-corrected chi connectivity index (χ4v) is 5.62. The third-order valence-corrected chi connectivity index (χ3v) is 8.34. The summed E-state index contributed by atoms with van der Waals surface area (Å²) in [5.74, 6) is -53.7. The SMILES string of the molecule is Fc1c(F)c(F)c(Sc2c(F)c(F)c(F)c(F)c2F)c(F)c1F.O=S(=O)(c1c(F)c(F)c(F)c(F)c1F)c1c(F)c(F)c(F)c(F)c1F. The zero-order valence-electron chi connectivity index (χ0n) is 21.2. The summed E-state index contributed by atoms with van der Waals surface area (Å²) in [5.41, 5.74) is 0. The van der Waals surface area contributed by atoms with E-state index < -0.39 is 158 Å². The number of hydrogen-bond acceptors (Lipinski definition) is 3. The van der Waals surface area contributed by atoms with Crippen LogP contribution < -0.4 is 0 Å². The van der Waals surface area contributed by atoms with Crippen molar-refractivity contribution in [3.8, 4) is 0 Å². The van der Waals surface area contributed by atoms with Gasteiger partial charge in [-0.2, -0.15) is 0 Å². The second-order valence-electron chi connectivity index (χ2n) is 8.20. The Hall–Kier alpha value is -4.22. The molecule has 0 aliphatic heterocycles. The largest absolute Gasteiger partial charge is 0.218 e. The van der Waals surface area contributed by atoms with E-state index in [-0.39, 0.29) is 0 Å². The topological polar surface area (TPSA) is 34.1 Å². The van der Waals surface area contributed by atoms with Crippen LogP contribution in [0.1, 0.15) is 0 Å². The lowest BCUT2D eigenvalue weighted by Crippen LogP contribution is -2.18. The maximum absolute atomic E-state index is 13.5. The second kappa shape index (κ2) is 13.4. The summed E-state index contributed by atoms with van der Waals surface area (Å²) in [6.07, 6.45) is 0. The fourth-order valence-electron chi connectivity index (χ4n) is 3.19. The molecule has 0 aromatic heterocycles. The van der Waals surface area contributed by atoms with Gasteiger partial charge in [-0.05, 0) is 0 Å². The zero-order valence-corrected chi connectivity index (χ0v) is 22.8. The highest BCUT2D eigenvalue weighted by Crippen LogP contribution is 2.40. The Morgan fingerprint density at radius 2 is 0.396 bits per heavy atom. The van der Waals surface area contributed by atoms with Gasteiger partial charge in [-0.15, -0.1) is 0 Å². The van der Waals surface area contributed by atoms with Crippen LogP contribution >= 0.6 is 11.8 Å². The van der Waals surface area contributed by atoms with Crippen molar-refractivity contribution in [2.45, 2.75) is 19.6 Å². The van der Waals surface area contributed by atoms with Gasteiger partial charge in [0.05, 0.1) is 9.79 Å². The molecule has 260 valence electrons. The Morgan fingerprint density at radius 1 is 0.250 bits per heavy atom. The third-order valence-electron chi connectivity index (χ3n) is 5.42. The quantitative estimate of drug-likeness (QED) is 0.0901. The summed E-state index contributed by atoms with van der Waals surface area (Å²) in [6, 6.07) is 0. The molecule has 2 nitrogen and oxygen atoms in total. The van der Waals surface area contributed by atoms with Gasteiger partial charge in [0.25, 0.3) is 0 Å². The Morgan fingerprint density at radius 3 is 0.583 bits per heavy atom. The molecule has 4 rings (SSSR count). The van der Waals surface area contributed by atoms with Gasteiger partial charge in [-0.1, -0.05) is 11.8 Å². The molecule has 4 aromatic carbocycles. The molecular formula is C24F20O2S2. The number of sulfone groups is 1. The maximum Gasteiger partial charge on any atom is 0.218 e. The predicted octanol–water partition coefficient (Wildman–Crippen LogP) is 9.14. The van der Waals surface area contributed by atoms with Gasteiger partial charge in [0.2, 0.25) is 33.1 Å². The normalized spacial score (nSPS) is 11.6. The van der Waals surface area contributed by atoms with Crippen molar-refractivity contribution >= 4 is 21.6 Å². The van der Waals surface area contributed by atoms with Crippen molar-refractivity contribution in [2.75, 3.05) is 0 Å². The van der Waals surface area contributed by atoms with E-state index in [0.717, 1.165) is 0 Å². The van der Waals surface area contributed by atoms with Crippen LogP contribution in [0.4, 0.5) is 87.8 Å². The Labute approximate surface area is 254 Å². The summed E-state index contributed by atoms with van der Waals surface area (Å²) < 4.78 is 287. The zero-order chi connectivity index (χ0) is 37.1. The van der Waals surface area contributed by atoms with Gasteiger partial charge in [-0.3, -0.25) is 0 Å². The van der Waals surface area contributed by atoms with Crippen LogP contribution in [0.2, 0.25) is 0 Å². The number of hydrogen-bond donors (Lipinski definition) is 0. The molecule has 0 aliphatic rings. The van der Waals surface area contributed by atoms with E-state index in [9.17, 15) is 96.2 Å². The molecule has 0 unspecified atom stereocenters. The molecule has 0 atom stereocenters. The van der Waals surface area contributed by atoms with Gasteiger partial charge in [-0.25, -0.2) is 96.2 Å². The van der Waals surface area contributed by atoms with Gasteiger partial charge >= 0.3 is 0 Å². The van der Waals surface area contributed by atoms with Crippen LogP contribution in [-0.4, -0.2) is 8.42 Å². The lowest BCUT2D eigenvalue weighted by Gasteiger charge is -2.12. The van der Waals surface area contributed by atoms with Crippen molar-refractivity contribution in [1.29, 1.82) is 0 Å². The van der Waals surface area contributed by atoms with E-state index >= 15 is 0 Å². The molecule has 0 bridgehead atoms. The van der Waals surface area contributed by atoms with Crippen molar-refractivity contribution in [3.05, 3.63) is 116 Å². The van der Waals surface area contributed by atoms with Crippen LogP contribution in [0.15, 0.2) is 19.6 Å².